The van der Waals surface area contributed by atoms with Gasteiger partial charge in [-0.05, 0) is 48.1 Å². The van der Waals surface area contributed by atoms with Crippen LogP contribution in [-0.2, 0) is 6.42 Å². The van der Waals surface area contributed by atoms with Gasteiger partial charge in [-0.2, -0.15) is 0 Å². The van der Waals surface area contributed by atoms with Crippen LogP contribution in [0.2, 0.25) is 0 Å². The summed E-state index contributed by atoms with van der Waals surface area (Å²) in [5.74, 6) is 0.972. The lowest BCUT2D eigenvalue weighted by molar-refractivity contribution is 0.259. The molecule has 0 radical (unpaired) electrons. The predicted molar refractivity (Wildman–Crippen MR) is 91.7 cm³/mol. The van der Waals surface area contributed by atoms with Crippen LogP contribution in [0, 0.1) is 5.92 Å². The van der Waals surface area contributed by atoms with Crippen LogP contribution in [0.3, 0.4) is 0 Å². The highest BCUT2D eigenvalue weighted by molar-refractivity contribution is 5.82. The third kappa shape index (κ3) is 3.85. The van der Waals surface area contributed by atoms with Crippen molar-refractivity contribution >= 4 is 10.8 Å². The van der Waals surface area contributed by atoms with Gasteiger partial charge in [0.15, 0.2) is 0 Å². The summed E-state index contributed by atoms with van der Waals surface area (Å²) in [4.78, 5) is 0. The topological polar surface area (TPSA) is 12.0 Å². The van der Waals surface area contributed by atoms with E-state index in [0.717, 1.165) is 12.5 Å². The van der Waals surface area contributed by atoms with Gasteiger partial charge >= 0.3 is 0 Å². The summed E-state index contributed by atoms with van der Waals surface area (Å²) in [5, 5.41) is 6.48. The van der Waals surface area contributed by atoms with Crippen molar-refractivity contribution in [3.63, 3.8) is 0 Å². The first kappa shape index (κ1) is 14.6. The van der Waals surface area contributed by atoms with Crippen molar-refractivity contribution in [1.82, 2.24) is 5.32 Å². The van der Waals surface area contributed by atoms with E-state index >= 15 is 0 Å². The van der Waals surface area contributed by atoms with Gasteiger partial charge in [0, 0.05) is 6.04 Å². The van der Waals surface area contributed by atoms with Crippen molar-refractivity contribution in [2.45, 2.75) is 51.5 Å². The van der Waals surface area contributed by atoms with Gasteiger partial charge in [0.25, 0.3) is 0 Å². The maximum atomic E-state index is 3.77. The first-order valence-corrected chi connectivity index (χ1v) is 8.56. The fraction of sp³-hybridized carbons (Fsp3) is 0.500. The van der Waals surface area contributed by atoms with Crippen LogP contribution in [0.4, 0.5) is 0 Å². The van der Waals surface area contributed by atoms with Crippen molar-refractivity contribution < 1.29 is 0 Å². The minimum atomic E-state index is 0.649. The molecule has 0 amide bonds. The van der Waals surface area contributed by atoms with E-state index in [4.69, 9.17) is 0 Å². The van der Waals surface area contributed by atoms with E-state index in [-0.39, 0.29) is 0 Å². The van der Waals surface area contributed by atoms with Gasteiger partial charge in [0.2, 0.25) is 0 Å². The van der Waals surface area contributed by atoms with Crippen molar-refractivity contribution in [2.75, 3.05) is 6.54 Å². The molecule has 1 heteroatoms. The molecule has 0 spiro atoms. The monoisotopic (exact) mass is 281 g/mol. The average molecular weight is 281 g/mol. The fourth-order valence-corrected chi connectivity index (χ4v) is 3.37. The van der Waals surface area contributed by atoms with Gasteiger partial charge in [-0.1, -0.05) is 68.7 Å². The second-order valence-corrected chi connectivity index (χ2v) is 6.57. The Bertz CT molecular complexity index is 571. The number of benzene rings is 2. The van der Waals surface area contributed by atoms with Crippen LogP contribution in [0.1, 0.15) is 44.6 Å². The molecule has 1 saturated carbocycles. The highest BCUT2D eigenvalue weighted by atomic mass is 14.9. The quantitative estimate of drug-likeness (QED) is 0.758. The Balaban J connectivity index is 1.69. The molecule has 1 N–H and O–H groups in total. The Morgan fingerprint density at radius 1 is 1.10 bits per heavy atom. The maximum Gasteiger partial charge on any atom is 0.0110 e. The summed E-state index contributed by atoms with van der Waals surface area (Å²) < 4.78 is 0. The molecule has 21 heavy (non-hydrogen) atoms. The summed E-state index contributed by atoms with van der Waals surface area (Å²) in [6.07, 6.45) is 8.08. The average Bonchev–Trinajstić information content (AvgIpc) is 2.48. The molecular formula is C20H27N. The number of fused-ring (bicyclic) bond motifs is 1. The molecule has 1 nitrogen and oxygen atoms in total. The number of hydrogen-bond acceptors (Lipinski definition) is 1. The van der Waals surface area contributed by atoms with E-state index in [1.54, 1.807) is 0 Å². The SMILES string of the molecule is CCCNC(Cc1ccc2ccccc2c1)CC1CCC1. The Morgan fingerprint density at radius 3 is 2.62 bits per heavy atom. The minimum absolute atomic E-state index is 0.649. The lowest BCUT2D eigenvalue weighted by Crippen LogP contribution is -2.35. The van der Waals surface area contributed by atoms with E-state index < -0.39 is 0 Å². The van der Waals surface area contributed by atoms with E-state index in [9.17, 15) is 0 Å². The van der Waals surface area contributed by atoms with Crippen LogP contribution < -0.4 is 5.32 Å². The smallest absolute Gasteiger partial charge is 0.0110 e. The molecule has 0 aromatic heterocycles. The summed E-state index contributed by atoms with van der Waals surface area (Å²) in [6, 6.07) is 16.3. The molecule has 0 heterocycles. The molecule has 1 aliphatic rings. The molecule has 0 saturated heterocycles. The third-order valence-corrected chi connectivity index (χ3v) is 4.82. The standard InChI is InChI=1S/C20H27N/c1-2-12-21-20(14-16-6-5-7-16)15-17-10-11-18-8-3-4-9-19(18)13-17/h3-4,8-11,13,16,20-21H,2,5-7,12,14-15H2,1H3. The number of rotatable bonds is 7. The molecule has 1 atom stereocenters. The van der Waals surface area contributed by atoms with E-state index in [2.05, 4.69) is 54.7 Å². The molecule has 1 fully saturated rings. The normalized spacial score (nSPS) is 16.8. The summed E-state index contributed by atoms with van der Waals surface area (Å²) in [6.45, 7) is 3.40. The summed E-state index contributed by atoms with van der Waals surface area (Å²) >= 11 is 0. The molecule has 1 unspecified atom stereocenters. The Labute approximate surface area is 128 Å². The van der Waals surface area contributed by atoms with E-state index in [0.29, 0.717) is 6.04 Å². The molecule has 112 valence electrons. The predicted octanol–water partition coefficient (Wildman–Crippen LogP) is 4.94. The zero-order chi connectivity index (χ0) is 14.5. The Kier molecular flexibility index (Phi) is 4.92. The number of hydrogen-bond donors (Lipinski definition) is 1. The number of nitrogens with one attached hydrogen (secondary N) is 1. The summed E-state index contributed by atoms with van der Waals surface area (Å²) in [7, 11) is 0. The second kappa shape index (κ2) is 7.09. The lowest BCUT2D eigenvalue weighted by atomic mass is 9.80. The molecule has 2 aromatic rings. The Morgan fingerprint density at radius 2 is 1.90 bits per heavy atom. The molecule has 1 aliphatic carbocycles. The van der Waals surface area contributed by atoms with Gasteiger partial charge in [-0.15, -0.1) is 0 Å². The first-order chi connectivity index (χ1) is 10.3. The Hall–Kier alpha value is -1.34. The summed E-state index contributed by atoms with van der Waals surface area (Å²) in [5.41, 5.74) is 1.47. The molecule has 2 aromatic carbocycles. The minimum Gasteiger partial charge on any atom is -0.314 e. The van der Waals surface area contributed by atoms with Crippen molar-refractivity contribution in [3.05, 3.63) is 48.0 Å². The first-order valence-electron chi connectivity index (χ1n) is 8.56. The van der Waals surface area contributed by atoms with Gasteiger partial charge in [-0.25, -0.2) is 0 Å². The van der Waals surface area contributed by atoms with Crippen LogP contribution >= 0.6 is 0 Å². The third-order valence-electron chi connectivity index (χ3n) is 4.82. The van der Waals surface area contributed by atoms with Crippen molar-refractivity contribution in [2.24, 2.45) is 5.92 Å². The van der Waals surface area contributed by atoms with Crippen LogP contribution in [0.5, 0.6) is 0 Å². The van der Waals surface area contributed by atoms with E-state index in [1.165, 1.54) is 54.9 Å². The van der Waals surface area contributed by atoms with Gasteiger partial charge < -0.3 is 5.32 Å². The largest absolute Gasteiger partial charge is 0.314 e. The van der Waals surface area contributed by atoms with Gasteiger partial charge in [0.1, 0.15) is 0 Å². The highest BCUT2D eigenvalue weighted by Crippen LogP contribution is 2.31. The maximum absolute atomic E-state index is 3.77. The van der Waals surface area contributed by atoms with Gasteiger partial charge in [0.05, 0.1) is 0 Å². The van der Waals surface area contributed by atoms with Crippen molar-refractivity contribution in [3.8, 4) is 0 Å². The zero-order valence-electron chi connectivity index (χ0n) is 13.1. The van der Waals surface area contributed by atoms with E-state index in [1.807, 2.05) is 0 Å². The van der Waals surface area contributed by atoms with Crippen molar-refractivity contribution in [1.29, 1.82) is 0 Å². The second-order valence-electron chi connectivity index (χ2n) is 6.57. The van der Waals surface area contributed by atoms with Crippen LogP contribution in [0.15, 0.2) is 42.5 Å². The fourth-order valence-electron chi connectivity index (χ4n) is 3.37. The highest BCUT2D eigenvalue weighted by Gasteiger charge is 2.21. The molecule has 3 rings (SSSR count). The van der Waals surface area contributed by atoms with Crippen LogP contribution in [-0.4, -0.2) is 12.6 Å². The zero-order valence-corrected chi connectivity index (χ0v) is 13.1. The lowest BCUT2D eigenvalue weighted by Gasteiger charge is -2.30. The molecule has 0 bridgehead atoms. The van der Waals surface area contributed by atoms with Gasteiger partial charge in [-0.3, -0.25) is 0 Å². The molecular weight excluding hydrogens is 254 g/mol. The van der Waals surface area contributed by atoms with Crippen LogP contribution in [0.25, 0.3) is 10.8 Å². The molecule has 0 aliphatic heterocycles.